The van der Waals surface area contributed by atoms with Gasteiger partial charge in [-0.05, 0) is 61.6 Å². The van der Waals surface area contributed by atoms with Gasteiger partial charge in [0.05, 0.1) is 6.61 Å². The molecule has 0 aliphatic heterocycles. The Bertz CT molecular complexity index is 431. The number of phenols is 1. The number of aromatic hydroxyl groups is 1. The predicted molar refractivity (Wildman–Crippen MR) is 72.5 cm³/mol. The standard InChI is InChI=1S/C16H22O2/c1-2-3-8-18-15-10-13(11-4-5-11)9-14(17)16(15)12-6-7-12/h9-12,17H,2-8H2,1H3. The summed E-state index contributed by atoms with van der Waals surface area (Å²) in [6.45, 7) is 2.94. The third-order valence-corrected chi connectivity index (χ3v) is 3.93. The summed E-state index contributed by atoms with van der Waals surface area (Å²) in [6.07, 6.45) is 7.14. The van der Waals surface area contributed by atoms with Crippen LogP contribution in [0.2, 0.25) is 0 Å². The molecule has 2 nitrogen and oxygen atoms in total. The first-order valence-electron chi connectivity index (χ1n) is 7.29. The molecule has 18 heavy (non-hydrogen) atoms. The van der Waals surface area contributed by atoms with Crippen molar-refractivity contribution in [2.45, 2.75) is 57.3 Å². The van der Waals surface area contributed by atoms with Crippen molar-refractivity contribution in [2.75, 3.05) is 6.61 Å². The Morgan fingerprint density at radius 3 is 2.50 bits per heavy atom. The number of hydrogen-bond acceptors (Lipinski definition) is 2. The van der Waals surface area contributed by atoms with E-state index in [4.69, 9.17) is 4.74 Å². The molecule has 2 aliphatic rings. The number of ether oxygens (including phenoxy) is 1. The SMILES string of the molecule is CCCCOc1cc(C2CC2)cc(O)c1C1CC1. The summed E-state index contributed by atoms with van der Waals surface area (Å²) >= 11 is 0. The molecule has 0 spiro atoms. The minimum atomic E-state index is 0.466. The maximum absolute atomic E-state index is 10.2. The number of benzene rings is 1. The molecule has 0 radical (unpaired) electrons. The van der Waals surface area contributed by atoms with Crippen molar-refractivity contribution in [3.8, 4) is 11.5 Å². The van der Waals surface area contributed by atoms with Crippen LogP contribution in [0.5, 0.6) is 11.5 Å². The van der Waals surface area contributed by atoms with Gasteiger partial charge in [0, 0.05) is 5.56 Å². The van der Waals surface area contributed by atoms with Gasteiger partial charge >= 0.3 is 0 Å². The van der Waals surface area contributed by atoms with E-state index < -0.39 is 0 Å². The lowest BCUT2D eigenvalue weighted by atomic mass is 10.0. The molecule has 1 aromatic rings. The maximum atomic E-state index is 10.2. The van der Waals surface area contributed by atoms with Crippen LogP contribution in [0.25, 0.3) is 0 Å². The van der Waals surface area contributed by atoms with Gasteiger partial charge in [-0.3, -0.25) is 0 Å². The van der Waals surface area contributed by atoms with E-state index in [0.29, 0.717) is 17.6 Å². The van der Waals surface area contributed by atoms with Crippen molar-refractivity contribution < 1.29 is 9.84 Å². The lowest BCUT2D eigenvalue weighted by Gasteiger charge is -2.14. The van der Waals surface area contributed by atoms with E-state index in [9.17, 15) is 5.11 Å². The molecule has 2 heteroatoms. The van der Waals surface area contributed by atoms with Gasteiger partial charge in [0.2, 0.25) is 0 Å². The lowest BCUT2D eigenvalue weighted by Crippen LogP contribution is -2.00. The fourth-order valence-electron chi connectivity index (χ4n) is 2.51. The summed E-state index contributed by atoms with van der Waals surface area (Å²) in [5, 5.41) is 10.2. The molecule has 0 amide bonds. The molecule has 3 rings (SSSR count). The van der Waals surface area contributed by atoms with Crippen LogP contribution in [-0.2, 0) is 0 Å². The highest BCUT2D eigenvalue weighted by atomic mass is 16.5. The zero-order valence-electron chi connectivity index (χ0n) is 11.1. The average Bonchev–Trinajstić information content (AvgIpc) is 3.21. The topological polar surface area (TPSA) is 29.5 Å². The second kappa shape index (κ2) is 4.83. The molecule has 0 atom stereocenters. The Balaban J connectivity index is 1.85. The maximum Gasteiger partial charge on any atom is 0.126 e. The molecule has 2 saturated carbocycles. The van der Waals surface area contributed by atoms with E-state index in [-0.39, 0.29) is 0 Å². The van der Waals surface area contributed by atoms with Crippen molar-refractivity contribution in [1.29, 1.82) is 0 Å². The Labute approximate surface area is 109 Å². The molecular formula is C16H22O2. The van der Waals surface area contributed by atoms with E-state index in [1.165, 1.54) is 31.2 Å². The molecule has 0 unspecified atom stereocenters. The summed E-state index contributed by atoms with van der Waals surface area (Å²) in [6, 6.07) is 4.15. The van der Waals surface area contributed by atoms with Crippen molar-refractivity contribution in [1.82, 2.24) is 0 Å². The summed E-state index contributed by atoms with van der Waals surface area (Å²) in [5.74, 6) is 2.62. The first kappa shape index (κ1) is 11.9. The fourth-order valence-corrected chi connectivity index (χ4v) is 2.51. The van der Waals surface area contributed by atoms with Crippen LogP contribution in [0.4, 0.5) is 0 Å². The third-order valence-electron chi connectivity index (χ3n) is 3.93. The van der Waals surface area contributed by atoms with Crippen molar-refractivity contribution in [3.63, 3.8) is 0 Å². The third kappa shape index (κ3) is 2.47. The molecule has 0 heterocycles. The highest BCUT2D eigenvalue weighted by Gasteiger charge is 2.32. The van der Waals surface area contributed by atoms with E-state index in [1.807, 2.05) is 6.07 Å². The van der Waals surface area contributed by atoms with E-state index in [2.05, 4.69) is 13.0 Å². The Morgan fingerprint density at radius 2 is 1.89 bits per heavy atom. The largest absolute Gasteiger partial charge is 0.508 e. The van der Waals surface area contributed by atoms with Gasteiger partial charge in [-0.2, -0.15) is 0 Å². The van der Waals surface area contributed by atoms with Crippen molar-refractivity contribution in [3.05, 3.63) is 23.3 Å². The molecular weight excluding hydrogens is 224 g/mol. The second-order valence-corrected chi connectivity index (χ2v) is 5.70. The van der Waals surface area contributed by atoms with Gasteiger partial charge in [0.15, 0.2) is 0 Å². The molecule has 2 fully saturated rings. The second-order valence-electron chi connectivity index (χ2n) is 5.70. The summed E-state index contributed by atoms with van der Waals surface area (Å²) in [7, 11) is 0. The van der Waals surface area contributed by atoms with Crippen molar-refractivity contribution in [2.24, 2.45) is 0 Å². The Hall–Kier alpha value is -1.18. The van der Waals surface area contributed by atoms with Crippen LogP contribution in [-0.4, -0.2) is 11.7 Å². The van der Waals surface area contributed by atoms with Crippen LogP contribution in [0.1, 0.15) is 68.4 Å². The summed E-state index contributed by atoms with van der Waals surface area (Å²) in [4.78, 5) is 0. The first-order valence-corrected chi connectivity index (χ1v) is 7.29. The summed E-state index contributed by atoms with van der Waals surface area (Å²) < 4.78 is 5.92. The molecule has 98 valence electrons. The molecule has 1 N–H and O–H groups in total. The Morgan fingerprint density at radius 1 is 1.17 bits per heavy atom. The van der Waals surface area contributed by atoms with Gasteiger partial charge in [0.25, 0.3) is 0 Å². The van der Waals surface area contributed by atoms with E-state index in [1.54, 1.807) is 0 Å². The van der Waals surface area contributed by atoms with Crippen LogP contribution in [0.3, 0.4) is 0 Å². The molecule has 2 aliphatic carbocycles. The smallest absolute Gasteiger partial charge is 0.126 e. The Kier molecular flexibility index (Phi) is 3.19. The highest BCUT2D eigenvalue weighted by molar-refractivity contribution is 5.52. The number of unbranched alkanes of at least 4 members (excludes halogenated alkanes) is 1. The number of rotatable bonds is 6. The van der Waals surface area contributed by atoms with Crippen LogP contribution in [0.15, 0.2) is 12.1 Å². The van der Waals surface area contributed by atoms with Gasteiger partial charge in [-0.25, -0.2) is 0 Å². The van der Waals surface area contributed by atoms with Gasteiger partial charge in [0.1, 0.15) is 11.5 Å². The summed E-state index contributed by atoms with van der Waals surface area (Å²) in [5.41, 5.74) is 2.33. The minimum Gasteiger partial charge on any atom is -0.508 e. The zero-order chi connectivity index (χ0) is 12.5. The normalized spacial score (nSPS) is 18.9. The first-order chi connectivity index (χ1) is 8.79. The molecule has 1 aromatic carbocycles. The lowest BCUT2D eigenvalue weighted by molar-refractivity contribution is 0.303. The molecule has 0 saturated heterocycles. The quantitative estimate of drug-likeness (QED) is 0.757. The molecule has 0 bridgehead atoms. The molecule has 0 aromatic heterocycles. The van der Waals surface area contributed by atoms with Gasteiger partial charge < -0.3 is 9.84 Å². The zero-order valence-corrected chi connectivity index (χ0v) is 11.1. The highest BCUT2D eigenvalue weighted by Crippen LogP contribution is 2.51. The van der Waals surface area contributed by atoms with Crippen LogP contribution >= 0.6 is 0 Å². The fraction of sp³-hybridized carbons (Fsp3) is 0.625. The van der Waals surface area contributed by atoms with Crippen LogP contribution < -0.4 is 4.74 Å². The van der Waals surface area contributed by atoms with E-state index >= 15 is 0 Å². The predicted octanol–water partition coefficient (Wildman–Crippen LogP) is 4.33. The van der Waals surface area contributed by atoms with Gasteiger partial charge in [-0.1, -0.05) is 13.3 Å². The number of phenolic OH excluding ortho intramolecular Hbond substituents is 1. The monoisotopic (exact) mass is 246 g/mol. The average molecular weight is 246 g/mol. The van der Waals surface area contributed by atoms with Crippen LogP contribution in [0, 0.1) is 0 Å². The minimum absolute atomic E-state index is 0.466. The van der Waals surface area contributed by atoms with Crippen molar-refractivity contribution >= 4 is 0 Å². The number of hydrogen-bond donors (Lipinski definition) is 1. The van der Waals surface area contributed by atoms with Gasteiger partial charge in [-0.15, -0.1) is 0 Å². The van der Waals surface area contributed by atoms with E-state index in [0.717, 1.165) is 30.8 Å².